The molecule has 4 nitrogen and oxygen atoms in total. The Hall–Kier alpha value is -1.24. The van der Waals surface area contributed by atoms with E-state index in [1.807, 2.05) is 13.8 Å². The molecule has 0 aliphatic heterocycles. The number of rotatable bonds is 3. The zero-order chi connectivity index (χ0) is 15.8. The van der Waals surface area contributed by atoms with Gasteiger partial charge in [0.25, 0.3) is 10.0 Å². The Labute approximate surface area is 137 Å². The van der Waals surface area contributed by atoms with E-state index in [9.17, 15) is 8.42 Å². The number of hydrogen-bond donors (Lipinski definition) is 2. The SMILES string of the molecule is Cc1cc(N)c(S(=O)(=O)Nc2ccc(Cl)c(Br)c2)cc1C. The first-order chi connectivity index (χ1) is 9.70. The van der Waals surface area contributed by atoms with Crippen LogP contribution in [0, 0.1) is 13.8 Å². The highest BCUT2D eigenvalue weighted by molar-refractivity contribution is 9.10. The van der Waals surface area contributed by atoms with Gasteiger partial charge in [-0.3, -0.25) is 4.72 Å². The second-order valence-corrected chi connectivity index (χ2v) is 7.62. The van der Waals surface area contributed by atoms with Crippen molar-refractivity contribution in [3.8, 4) is 0 Å². The van der Waals surface area contributed by atoms with Crippen molar-refractivity contribution in [2.45, 2.75) is 18.7 Å². The molecule has 0 aromatic heterocycles. The lowest BCUT2D eigenvalue weighted by atomic mass is 10.1. The van der Waals surface area contributed by atoms with Crippen molar-refractivity contribution in [3.63, 3.8) is 0 Å². The number of anilines is 2. The molecule has 112 valence electrons. The summed E-state index contributed by atoms with van der Waals surface area (Å²) in [5.74, 6) is 0. The van der Waals surface area contributed by atoms with E-state index in [0.717, 1.165) is 11.1 Å². The molecule has 0 unspecified atom stereocenters. The zero-order valence-electron chi connectivity index (χ0n) is 11.4. The van der Waals surface area contributed by atoms with Crippen LogP contribution in [-0.2, 0) is 10.0 Å². The van der Waals surface area contributed by atoms with Crippen LogP contribution in [0.5, 0.6) is 0 Å². The van der Waals surface area contributed by atoms with Gasteiger partial charge in [-0.1, -0.05) is 11.6 Å². The van der Waals surface area contributed by atoms with Gasteiger partial charge in [0.1, 0.15) is 4.90 Å². The molecule has 0 saturated carbocycles. The molecule has 3 N–H and O–H groups in total. The van der Waals surface area contributed by atoms with Gasteiger partial charge in [-0.2, -0.15) is 0 Å². The van der Waals surface area contributed by atoms with Crippen LogP contribution in [0.4, 0.5) is 11.4 Å². The van der Waals surface area contributed by atoms with Crippen molar-refractivity contribution in [1.82, 2.24) is 0 Å². The van der Waals surface area contributed by atoms with Crippen molar-refractivity contribution < 1.29 is 8.42 Å². The molecular formula is C14H14BrClN2O2S. The number of nitrogens with one attached hydrogen (secondary N) is 1. The Balaban J connectivity index is 2.43. The molecule has 0 fully saturated rings. The highest BCUT2D eigenvalue weighted by atomic mass is 79.9. The molecule has 2 aromatic carbocycles. The first-order valence-corrected chi connectivity index (χ1v) is 8.71. The first kappa shape index (κ1) is 16.1. The summed E-state index contributed by atoms with van der Waals surface area (Å²) in [6.07, 6.45) is 0. The lowest BCUT2D eigenvalue weighted by molar-refractivity contribution is 0.601. The van der Waals surface area contributed by atoms with Crippen LogP contribution in [0.15, 0.2) is 39.7 Å². The third-order valence-electron chi connectivity index (χ3n) is 3.09. The van der Waals surface area contributed by atoms with Crippen molar-refractivity contribution in [3.05, 3.63) is 51.0 Å². The maximum absolute atomic E-state index is 12.4. The first-order valence-electron chi connectivity index (χ1n) is 6.05. The standard InChI is InChI=1S/C14H14BrClN2O2S/c1-8-5-13(17)14(6-9(8)2)21(19,20)18-10-3-4-12(16)11(15)7-10/h3-7,18H,17H2,1-2H3. The van der Waals surface area contributed by atoms with Crippen molar-refractivity contribution in [2.75, 3.05) is 10.5 Å². The van der Waals surface area contributed by atoms with Crippen LogP contribution in [-0.4, -0.2) is 8.42 Å². The molecule has 0 aliphatic rings. The molecular weight excluding hydrogens is 376 g/mol. The molecule has 0 bridgehead atoms. The fourth-order valence-corrected chi connectivity index (χ4v) is 3.56. The lowest BCUT2D eigenvalue weighted by Gasteiger charge is -2.12. The molecule has 0 spiro atoms. The van der Waals surface area contributed by atoms with Crippen LogP contribution in [0.2, 0.25) is 5.02 Å². The van der Waals surface area contributed by atoms with Crippen LogP contribution in [0.3, 0.4) is 0 Å². The highest BCUT2D eigenvalue weighted by Gasteiger charge is 2.19. The second-order valence-electron chi connectivity index (χ2n) is 4.71. The maximum Gasteiger partial charge on any atom is 0.263 e. The van der Waals surface area contributed by atoms with E-state index in [2.05, 4.69) is 20.7 Å². The van der Waals surface area contributed by atoms with Gasteiger partial charge in [0.05, 0.1) is 16.4 Å². The van der Waals surface area contributed by atoms with Gasteiger partial charge in [0.15, 0.2) is 0 Å². The summed E-state index contributed by atoms with van der Waals surface area (Å²) >= 11 is 9.14. The Kier molecular flexibility index (Phi) is 4.51. The van der Waals surface area contributed by atoms with Crippen LogP contribution < -0.4 is 10.5 Å². The van der Waals surface area contributed by atoms with E-state index in [-0.39, 0.29) is 10.6 Å². The zero-order valence-corrected chi connectivity index (χ0v) is 14.6. The number of halogens is 2. The second kappa shape index (κ2) is 5.87. The number of nitrogens with two attached hydrogens (primary N) is 1. The summed E-state index contributed by atoms with van der Waals surface area (Å²) in [5.41, 5.74) is 8.27. The van der Waals surface area contributed by atoms with E-state index in [4.69, 9.17) is 17.3 Å². The Morgan fingerprint density at radius 2 is 1.76 bits per heavy atom. The normalized spacial score (nSPS) is 11.4. The lowest BCUT2D eigenvalue weighted by Crippen LogP contribution is -2.15. The molecule has 0 atom stereocenters. The Bertz CT molecular complexity index is 807. The van der Waals surface area contributed by atoms with Gasteiger partial charge < -0.3 is 5.73 Å². The van der Waals surface area contributed by atoms with Gasteiger partial charge in [-0.05, 0) is 71.2 Å². The van der Waals surface area contributed by atoms with Gasteiger partial charge in [0, 0.05) is 4.47 Å². The summed E-state index contributed by atoms with van der Waals surface area (Å²) in [5, 5.41) is 0.503. The minimum Gasteiger partial charge on any atom is -0.398 e. The molecule has 2 rings (SSSR count). The van der Waals surface area contributed by atoms with E-state index < -0.39 is 10.0 Å². The molecule has 0 heterocycles. The minimum atomic E-state index is -3.75. The van der Waals surface area contributed by atoms with Gasteiger partial charge in [-0.15, -0.1) is 0 Å². The Morgan fingerprint density at radius 1 is 1.14 bits per heavy atom. The van der Waals surface area contributed by atoms with Crippen molar-refractivity contribution in [2.24, 2.45) is 0 Å². The van der Waals surface area contributed by atoms with E-state index in [1.54, 1.807) is 30.3 Å². The highest BCUT2D eigenvalue weighted by Crippen LogP contribution is 2.29. The van der Waals surface area contributed by atoms with Crippen molar-refractivity contribution >= 4 is 48.9 Å². The van der Waals surface area contributed by atoms with E-state index in [1.165, 1.54) is 0 Å². The van der Waals surface area contributed by atoms with Crippen LogP contribution >= 0.6 is 27.5 Å². The molecule has 0 radical (unpaired) electrons. The summed E-state index contributed by atoms with van der Waals surface area (Å²) in [6.45, 7) is 3.72. The van der Waals surface area contributed by atoms with Crippen LogP contribution in [0.1, 0.15) is 11.1 Å². The number of benzene rings is 2. The summed E-state index contributed by atoms with van der Waals surface area (Å²) < 4.78 is 28.0. The monoisotopic (exact) mass is 388 g/mol. The topological polar surface area (TPSA) is 72.2 Å². The third-order valence-corrected chi connectivity index (χ3v) is 5.74. The van der Waals surface area contributed by atoms with Crippen molar-refractivity contribution in [1.29, 1.82) is 0 Å². The van der Waals surface area contributed by atoms with Gasteiger partial charge in [-0.25, -0.2) is 8.42 Å². The van der Waals surface area contributed by atoms with E-state index in [0.29, 0.717) is 15.2 Å². The van der Waals surface area contributed by atoms with Crippen LogP contribution in [0.25, 0.3) is 0 Å². The largest absolute Gasteiger partial charge is 0.398 e. The maximum atomic E-state index is 12.4. The molecule has 0 amide bonds. The molecule has 7 heteroatoms. The summed E-state index contributed by atoms with van der Waals surface area (Å²) in [4.78, 5) is 0.0664. The minimum absolute atomic E-state index is 0.0664. The predicted molar refractivity (Wildman–Crippen MR) is 90.3 cm³/mol. The smallest absolute Gasteiger partial charge is 0.263 e. The number of nitrogen functional groups attached to an aromatic ring is 1. The molecule has 2 aromatic rings. The average Bonchev–Trinajstić information content (AvgIpc) is 2.37. The predicted octanol–water partition coefficient (Wildman–Crippen LogP) is 4.10. The average molecular weight is 390 g/mol. The number of aryl methyl sites for hydroxylation is 2. The van der Waals surface area contributed by atoms with E-state index >= 15 is 0 Å². The summed E-state index contributed by atoms with van der Waals surface area (Å²) in [6, 6.07) is 8.01. The summed E-state index contributed by atoms with van der Waals surface area (Å²) in [7, 11) is -3.75. The number of sulfonamides is 1. The third kappa shape index (κ3) is 3.51. The fourth-order valence-electron chi connectivity index (χ4n) is 1.81. The van der Waals surface area contributed by atoms with Gasteiger partial charge >= 0.3 is 0 Å². The fraction of sp³-hybridized carbons (Fsp3) is 0.143. The Morgan fingerprint density at radius 3 is 2.38 bits per heavy atom. The quantitative estimate of drug-likeness (QED) is 0.776. The molecule has 21 heavy (non-hydrogen) atoms. The molecule has 0 saturated heterocycles. The molecule has 0 aliphatic carbocycles. The number of hydrogen-bond acceptors (Lipinski definition) is 3. The van der Waals surface area contributed by atoms with Gasteiger partial charge in [0.2, 0.25) is 0 Å².